The fraction of sp³-hybridized carbons (Fsp3) is 0.611. The summed E-state index contributed by atoms with van der Waals surface area (Å²) in [5, 5.41) is 6.91. The number of benzene rings is 1. The van der Waals surface area contributed by atoms with Gasteiger partial charge in [0.1, 0.15) is 5.82 Å². The maximum atomic E-state index is 13.5. The molecular weight excluding hydrogens is 309 g/mol. The average molecular weight is 335 g/mol. The van der Waals surface area contributed by atoms with Crippen molar-refractivity contribution in [2.75, 3.05) is 24.6 Å². The van der Waals surface area contributed by atoms with Gasteiger partial charge in [-0.15, -0.1) is 0 Å². The molecule has 23 heavy (non-hydrogen) atoms. The van der Waals surface area contributed by atoms with Crippen molar-refractivity contribution in [2.24, 2.45) is 4.99 Å². The summed E-state index contributed by atoms with van der Waals surface area (Å²) < 4.78 is 13.5. The average Bonchev–Trinajstić information content (AvgIpc) is 3.35. The molecule has 1 aromatic carbocycles. The molecule has 1 aromatic rings. The number of nitrogens with one attached hydrogen (secondary N) is 2. The van der Waals surface area contributed by atoms with Crippen molar-refractivity contribution < 1.29 is 4.39 Å². The first-order valence-corrected chi connectivity index (χ1v) is 9.76. The van der Waals surface area contributed by atoms with Crippen LogP contribution in [0.4, 0.5) is 4.39 Å². The minimum absolute atomic E-state index is 0.0474. The summed E-state index contributed by atoms with van der Waals surface area (Å²) in [5.74, 6) is 3.18. The Hall–Kier alpha value is -1.23. The molecule has 1 saturated carbocycles. The molecule has 1 saturated heterocycles. The molecule has 3 nitrogen and oxygen atoms in total. The van der Waals surface area contributed by atoms with Crippen molar-refractivity contribution in [3.05, 3.63) is 35.6 Å². The van der Waals surface area contributed by atoms with E-state index < -0.39 is 0 Å². The van der Waals surface area contributed by atoms with Crippen molar-refractivity contribution >= 4 is 17.7 Å². The van der Waals surface area contributed by atoms with Crippen LogP contribution in [0.5, 0.6) is 0 Å². The lowest BCUT2D eigenvalue weighted by atomic mass is 9.96. The molecule has 1 heterocycles. The molecule has 1 aliphatic carbocycles. The standard InChI is InChI=1S/C18H26FN3S/c1-2-20-17(22-16-7-4-10-23-12-16)21-13-18(8-9-18)14-5-3-6-15(19)11-14/h3,5-6,11,16H,2,4,7-10,12-13H2,1H3,(H2,20,21,22). The van der Waals surface area contributed by atoms with Crippen molar-refractivity contribution in [3.8, 4) is 0 Å². The Bertz CT molecular complexity index is 551. The highest BCUT2D eigenvalue weighted by Crippen LogP contribution is 2.48. The summed E-state index contributed by atoms with van der Waals surface area (Å²) in [5.41, 5.74) is 1.14. The third-order valence-electron chi connectivity index (χ3n) is 4.68. The van der Waals surface area contributed by atoms with Crippen LogP contribution >= 0.6 is 11.8 Å². The third-order valence-corrected chi connectivity index (χ3v) is 5.89. The number of guanidine groups is 1. The van der Waals surface area contributed by atoms with Crippen LogP contribution in [0.3, 0.4) is 0 Å². The Balaban J connectivity index is 1.65. The topological polar surface area (TPSA) is 36.4 Å². The van der Waals surface area contributed by atoms with Gasteiger partial charge in [0, 0.05) is 23.8 Å². The molecule has 0 bridgehead atoms. The van der Waals surface area contributed by atoms with Crippen LogP contribution in [0.1, 0.15) is 38.2 Å². The molecule has 1 aliphatic heterocycles. The number of nitrogens with zero attached hydrogens (tertiary/aromatic N) is 1. The molecular formula is C18H26FN3S. The lowest BCUT2D eigenvalue weighted by Gasteiger charge is -2.25. The summed E-state index contributed by atoms with van der Waals surface area (Å²) in [6.07, 6.45) is 4.68. The lowest BCUT2D eigenvalue weighted by molar-refractivity contribution is 0.578. The van der Waals surface area contributed by atoms with Crippen molar-refractivity contribution in [2.45, 2.75) is 44.1 Å². The highest BCUT2D eigenvalue weighted by Gasteiger charge is 2.44. The van der Waals surface area contributed by atoms with E-state index in [0.29, 0.717) is 6.04 Å². The van der Waals surface area contributed by atoms with Gasteiger partial charge in [-0.1, -0.05) is 12.1 Å². The van der Waals surface area contributed by atoms with Gasteiger partial charge in [-0.3, -0.25) is 4.99 Å². The Kier molecular flexibility index (Phi) is 5.46. The monoisotopic (exact) mass is 335 g/mol. The first-order valence-electron chi connectivity index (χ1n) is 8.60. The molecule has 0 amide bonds. The molecule has 5 heteroatoms. The zero-order chi connectivity index (χ0) is 16.1. The van der Waals surface area contributed by atoms with Crippen LogP contribution < -0.4 is 10.6 Å². The summed E-state index contributed by atoms with van der Waals surface area (Å²) >= 11 is 2.01. The van der Waals surface area contributed by atoms with Gasteiger partial charge >= 0.3 is 0 Å². The summed E-state index contributed by atoms with van der Waals surface area (Å²) in [6, 6.07) is 7.52. The molecule has 2 fully saturated rings. The molecule has 2 N–H and O–H groups in total. The number of halogens is 1. The predicted molar refractivity (Wildman–Crippen MR) is 96.8 cm³/mol. The molecule has 1 unspecified atom stereocenters. The van der Waals surface area contributed by atoms with Gasteiger partial charge in [0.2, 0.25) is 0 Å². The predicted octanol–water partition coefficient (Wildman–Crippen LogP) is 3.31. The van der Waals surface area contributed by atoms with Crippen LogP contribution in [-0.4, -0.2) is 36.6 Å². The second-order valence-corrected chi connectivity index (χ2v) is 7.69. The third kappa shape index (κ3) is 4.40. The molecule has 0 radical (unpaired) electrons. The van der Waals surface area contributed by atoms with Crippen molar-refractivity contribution in [1.82, 2.24) is 10.6 Å². The van der Waals surface area contributed by atoms with Gasteiger partial charge in [-0.05, 0) is 56.1 Å². The molecule has 0 aromatic heterocycles. The smallest absolute Gasteiger partial charge is 0.191 e. The normalized spacial score (nSPS) is 23.4. The van der Waals surface area contributed by atoms with E-state index in [-0.39, 0.29) is 11.2 Å². The second-order valence-electron chi connectivity index (χ2n) is 6.54. The van der Waals surface area contributed by atoms with E-state index >= 15 is 0 Å². The Morgan fingerprint density at radius 1 is 1.43 bits per heavy atom. The van der Waals surface area contributed by atoms with E-state index in [9.17, 15) is 4.39 Å². The van der Waals surface area contributed by atoms with Gasteiger partial charge in [0.15, 0.2) is 5.96 Å². The number of hydrogen-bond acceptors (Lipinski definition) is 2. The largest absolute Gasteiger partial charge is 0.357 e. The minimum Gasteiger partial charge on any atom is -0.357 e. The fourth-order valence-corrected chi connectivity index (χ4v) is 4.18. The molecule has 3 rings (SSSR count). The maximum Gasteiger partial charge on any atom is 0.191 e. The fourth-order valence-electron chi connectivity index (χ4n) is 3.11. The van der Waals surface area contributed by atoms with E-state index in [1.165, 1.54) is 24.7 Å². The highest BCUT2D eigenvalue weighted by atomic mass is 32.2. The maximum absolute atomic E-state index is 13.5. The minimum atomic E-state index is -0.151. The molecule has 126 valence electrons. The summed E-state index contributed by atoms with van der Waals surface area (Å²) in [4.78, 5) is 4.81. The van der Waals surface area contributed by atoms with E-state index in [0.717, 1.165) is 43.2 Å². The zero-order valence-corrected chi connectivity index (χ0v) is 14.6. The number of thioether (sulfide) groups is 1. The zero-order valence-electron chi connectivity index (χ0n) is 13.8. The van der Waals surface area contributed by atoms with Crippen molar-refractivity contribution in [3.63, 3.8) is 0 Å². The van der Waals surface area contributed by atoms with E-state index in [1.807, 2.05) is 17.8 Å². The van der Waals surface area contributed by atoms with Gasteiger partial charge in [0.25, 0.3) is 0 Å². The van der Waals surface area contributed by atoms with Gasteiger partial charge in [-0.25, -0.2) is 4.39 Å². The summed E-state index contributed by atoms with van der Waals surface area (Å²) in [6.45, 7) is 3.68. The number of aliphatic imine (C=N–C) groups is 1. The lowest BCUT2D eigenvalue weighted by Crippen LogP contribution is -2.45. The first kappa shape index (κ1) is 16.6. The Morgan fingerprint density at radius 2 is 2.30 bits per heavy atom. The summed E-state index contributed by atoms with van der Waals surface area (Å²) in [7, 11) is 0. The van der Waals surface area contributed by atoms with Gasteiger partial charge < -0.3 is 10.6 Å². The number of rotatable bonds is 5. The SMILES string of the molecule is CCNC(=NCC1(c2cccc(F)c2)CC1)NC1CCCSC1. The molecule has 2 aliphatic rings. The van der Waals surface area contributed by atoms with Crippen LogP contribution in [0, 0.1) is 5.82 Å². The number of hydrogen-bond donors (Lipinski definition) is 2. The molecule has 1 atom stereocenters. The second kappa shape index (κ2) is 7.56. The van der Waals surface area contributed by atoms with E-state index in [2.05, 4.69) is 17.6 Å². The van der Waals surface area contributed by atoms with Crippen LogP contribution in [-0.2, 0) is 5.41 Å². The van der Waals surface area contributed by atoms with Crippen LogP contribution in [0.2, 0.25) is 0 Å². The van der Waals surface area contributed by atoms with Crippen molar-refractivity contribution in [1.29, 1.82) is 0 Å². The highest BCUT2D eigenvalue weighted by molar-refractivity contribution is 7.99. The quantitative estimate of drug-likeness (QED) is 0.640. The Morgan fingerprint density at radius 3 is 2.96 bits per heavy atom. The first-order chi connectivity index (χ1) is 11.2. The van der Waals surface area contributed by atoms with Gasteiger partial charge in [0.05, 0.1) is 6.54 Å². The van der Waals surface area contributed by atoms with E-state index in [4.69, 9.17) is 4.99 Å². The molecule has 0 spiro atoms. The van der Waals surface area contributed by atoms with E-state index in [1.54, 1.807) is 12.1 Å². The van der Waals surface area contributed by atoms with Gasteiger partial charge in [-0.2, -0.15) is 11.8 Å². The van der Waals surface area contributed by atoms with Crippen LogP contribution in [0.15, 0.2) is 29.3 Å². The van der Waals surface area contributed by atoms with Crippen LogP contribution in [0.25, 0.3) is 0 Å². The Labute approximate surface area is 142 Å².